The van der Waals surface area contributed by atoms with Gasteiger partial charge in [-0.1, -0.05) is 49.4 Å². The van der Waals surface area contributed by atoms with Gasteiger partial charge in [-0.15, -0.1) is 6.58 Å². The number of rotatable bonds is 5. The van der Waals surface area contributed by atoms with E-state index in [1.807, 2.05) is 18.2 Å². The molecular weight excluding hydrogens is 371 g/mol. The molecule has 1 aromatic heterocycles. The van der Waals surface area contributed by atoms with Crippen LogP contribution in [-0.2, 0) is 0 Å². The third-order valence-corrected chi connectivity index (χ3v) is 5.51. The molecular formula is C27H29FN2. The van der Waals surface area contributed by atoms with Crippen molar-refractivity contribution in [1.29, 1.82) is 0 Å². The average Bonchev–Trinajstić information content (AvgIpc) is 2.77. The van der Waals surface area contributed by atoms with Crippen LogP contribution in [-0.4, -0.2) is 4.98 Å². The van der Waals surface area contributed by atoms with Crippen molar-refractivity contribution in [3.63, 3.8) is 0 Å². The van der Waals surface area contributed by atoms with E-state index < -0.39 is 0 Å². The summed E-state index contributed by atoms with van der Waals surface area (Å²) in [6.07, 6.45) is 7.66. The summed E-state index contributed by atoms with van der Waals surface area (Å²) in [7, 11) is 0. The second-order valence-electron chi connectivity index (χ2n) is 7.57. The van der Waals surface area contributed by atoms with E-state index in [1.165, 1.54) is 28.8 Å². The summed E-state index contributed by atoms with van der Waals surface area (Å²) in [6.45, 7) is 12.2. The predicted octanol–water partition coefficient (Wildman–Crippen LogP) is 7.36. The lowest BCUT2D eigenvalue weighted by Crippen LogP contribution is -2.38. The van der Waals surface area contributed by atoms with Crippen molar-refractivity contribution in [1.82, 2.24) is 4.98 Å². The van der Waals surface area contributed by atoms with Crippen molar-refractivity contribution < 1.29 is 4.39 Å². The third-order valence-electron chi connectivity index (χ3n) is 5.51. The van der Waals surface area contributed by atoms with E-state index in [4.69, 9.17) is 0 Å². The van der Waals surface area contributed by atoms with Gasteiger partial charge >= 0.3 is 0 Å². The van der Waals surface area contributed by atoms with Crippen LogP contribution < -0.4 is 4.90 Å². The molecule has 0 spiro atoms. The highest BCUT2D eigenvalue weighted by Crippen LogP contribution is 2.43. The van der Waals surface area contributed by atoms with Crippen molar-refractivity contribution in [3.8, 4) is 0 Å². The molecule has 0 radical (unpaired) electrons. The van der Waals surface area contributed by atoms with Crippen LogP contribution in [0, 0.1) is 12.7 Å². The van der Waals surface area contributed by atoms with Gasteiger partial charge in [0.25, 0.3) is 0 Å². The monoisotopic (exact) mass is 400 g/mol. The standard InChI is InChI=1S/C15H13FN2.C12H16/c1-11-10-15(12-6-8-17-9-7-12)18(11)14-4-2-13(16)3-5-14;1-4-11(5-2)12-8-6-10(3)7-9-12/h2-9,15H,1,10H2;4,6-9,11H,1,5H2,2-3H3. The summed E-state index contributed by atoms with van der Waals surface area (Å²) in [5.74, 6) is 0.302. The van der Waals surface area contributed by atoms with Crippen molar-refractivity contribution in [2.24, 2.45) is 0 Å². The summed E-state index contributed by atoms with van der Waals surface area (Å²) in [4.78, 5) is 6.16. The van der Waals surface area contributed by atoms with Crippen LogP contribution in [0.4, 0.5) is 10.1 Å². The van der Waals surface area contributed by atoms with E-state index in [-0.39, 0.29) is 11.9 Å². The maximum atomic E-state index is 12.9. The number of pyridine rings is 1. The van der Waals surface area contributed by atoms with Gasteiger partial charge in [-0.3, -0.25) is 4.98 Å². The molecule has 0 saturated carbocycles. The number of hydrogen-bond donors (Lipinski definition) is 0. The molecule has 1 aliphatic rings. The molecule has 0 N–H and O–H groups in total. The Labute approximate surface area is 179 Å². The lowest BCUT2D eigenvalue weighted by molar-refractivity contribution is 0.547. The summed E-state index contributed by atoms with van der Waals surface area (Å²) >= 11 is 0. The Hall–Kier alpha value is -3.20. The van der Waals surface area contributed by atoms with Gasteiger partial charge in [0, 0.05) is 36.1 Å². The number of aromatic nitrogens is 1. The van der Waals surface area contributed by atoms with E-state index in [1.54, 1.807) is 24.5 Å². The Morgan fingerprint density at radius 2 is 1.70 bits per heavy atom. The Balaban J connectivity index is 0.000000187. The molecule has 2 nitrogen and oxygen atoms in total. The predicted molar refractivity (Wildman–Crippen MR) is 124 cm³/mol. The highest BCUT2D eigenvalue weighted by atomic mass is 19.1. The van der Waals surface area contributed by atoms with Crippen LogP contribution in [0.5, 0.6) is 0 Å². The fourth-order valence-corrected chi connectivity index (χ4v) is 3.69. The van der Waals surface area contributed by atoms with E-state index in [9.17, 15) is 4.39 Å². The number of halogens is 1. The molecule has 4 rings (SSSR count). The number of aryl methyl sites for hydroxylation is 1. The molecule has 1 fully saturated rings. The molecule has 0 aliphatic carbocycles. The fourth-order valence-electron chi connectivity index (χ4n) is 3.69. The van der Waals surface area contributed by atoms with Crippen molar-refractivity contribution >= 4 is 5.69 Å². The first kappa shape index (κ1) is 21.5. The first-order chi connectivity index (χ1) is 14.5. The number of anilines is 1. The zero-order valence-corrected chi connectivity index (χ0v) is 17.8. The lowest BCUT2D eigenvalue weighted by Gasteiger charge is -2.45. The molecule has 0 bridgehead atoms. The Bertz CT molecular complexity index is 962. The van der Waals surface area contributed by atoms with Crippen molar-refractivity contribution in [2.75, 3.05) is 4.90 Å². The van der Waals surface area contributed by atoms with Crippen LogP contribution in [0.15, 0.2) is 98.0 Å². The Morgan fingerprint density at radius 1 is 1.07 bits per heavy atom. The summed E-state index contributed by atoms with van der Waals surface area (Å²) in [5, 5.41) is 0. The zero-order valence-electron chi connectivity index (χ0n) is 17.8. The van der Waals surface area contributed by atoms with Crippen LogP contribution in [0.25, 0.3) is 0 Å². The van der Waals surface area contributed by atoms with E-state index in [0.29, 0.717) is 5.92 Å². The fraction of sp³-hybridized carbons (Fsp3) is 0.222. The second-order valence-corrected chi connectivity index (χ2v) is 7.57. The van der Waals surface area contributed by atoms with Gasteiger partial charge in [0.2, 0.25) is 0 Å². The minimum Gasteiger partial charge on any atom is -0.338 e. The molecule has 30 heavy (non-hydrogen) atoms. The highest BCUT2D eigenvalue weighted by molar-refractivity contribution is 5.59. The molecule has 2 atom stereocenters. The maximum absolute atomic E-state index is 12.9. The van der Waals surface area contributed by atoms with Gasteiger partial charge in [-0.2, -0.15) is 0 Å². The van der Waals surface area contributed by atoms with Gasteiger partial charge < -0.3 is 4.90 Å². The quantitative estimate of drug-likeness (QED) is 0.416. The molecule has 3 aromatic rings. The van der Waals surface area contributed by atoms with Gasteiger partial charge in [0.1, 0.15) is 5.82 Å². The SMILES string of the molecule is C=C1CC(c2ccncc2)N1c1ccc(F)cc1.C=CC(CC)c1ccc(C)cc1. The third kappa shape index (κ3) is 5.04. The summed E-state index contributed by atoms with van der Waals surface area (Å²) in [5.41, 5.74) is 5.94. The smallest absolute Gasteiger partial charge is 0.123 e. The van der Waals surface area contributed by atoms with Gasteiger partial charge in [0.15, 0.2) is 0 Å². The molecule has 1 saturated heterocycles. The van der Waals surface area contributed by atoms with Gasteiger partial charge in [-0.05, 0) is 60.9 Å². The lowest BCUT2D eigenvalue weighted by atomic mass is 9.92. The van der Waals surface area contributed by atoms with E-state index in [2.05, 4.69) is 61.2 Å². The first-order valence-electron chi connectivity index (χ1n) is 10.3. The minimum atomic E-state index is -0.217. The molecule has 2 heterocycles. The Kier molecular flexibility index (Phi) is 7.18. The van der Waals surface area contributed by atoms with Crippen LogP contribution in [0.3, 0.4) is 0 Å². The van der Waals surface area contributed by atoms with Gasteiger partial charge in [-0.25, -0.2) is 4.39 Å². The molecule has 0 amide bonds. The molecule has 2 aromatic carbocycles. The maximum Gasteiger partial charge on any atom is 0.123 e. The van der Waals surface area contributed by atoms with E-state index in [0.717, 1.165) is 24.2 Å². The second kappa shape index (κ2) is 10.0. The molecule has 3 heteroatoms. The summed E-state index contributed by atoms with van der Waals surface area (Å²) in [6, 6.07) is 19.5. The number of nitrogens with zero attached hydrogens (tertiary/aromatic N) is 2. The van der Waals surface area contributed by atoms with Gasteiger partial charge in [0.05, 0.1) is 6.04 Å². The molecule has 154 valence electrons. The topological polar surface area (TPSA) is 16.1 Å². The van der Waals surface area contributed by atoms with Crippen LogP contribution in [0.2, 0.25) is 0 Å². The van der Waals surface area contributed by atoms with Crippen molar-refractivity contribution in [2.45, 2.75) is 38.6 Å². The number of allylic oxidation sites excluding steroid dienone is 1. The van der Waals surface area contributed by atoms with Crippen LogP contribution in [0.1, 0.15) is 48.4 Å². The number of hydrogen-bond acceptors (Lipinski definition) is 2. The Morgan fingerprint density at radius 3 is 2.23 bits per heavy atom. The normalized spacial score (nSPS) is 16.2. The number of benzene rings is 2. The van der Waals surface area contributed by atoms with Crippen molar-refractivity contribution in [3.05, 3.63) is 120 Å². The first-order valence-corrected chi connectivity index (χ1v) is 10.3. The highest BCUT2D eigenvalue weighted by Gasteiger charge is 2.33. The average molecular weight is 401 g/mol. The minimum absolute atomic E-state index is 0.217. The van der Waals surface area contributed by atoms with Crippen LogP contribution >= 0.6 is 0 Å². The summed E-state index contributed by atoms with van der Waals surface area (Å²) < 4.78 is 12.9. The molecule has 1 aliphatic heterocycles. The van der Waals surface area contributed by atoms with E-state index >= 15 is 0 Å². The molecule has 2 unspecified atom stereocenters. The zero-order chi connectivity index (χ0) is 21.5. The largest absolute Gasteiger partial charge is 0.338 e.